The summed E-state index contributed by atoms with van der Waals surface area (Å²) in [6.45, 7) is 0.182. The van der Waals surface area contributed by atoms with Crippen LogP contribution in [0.1, 0.15) is 17.2 Å². The van der Waals surface area contributed by atoms with Crippen LogP contribution in [0.5, 0.6) is 11.5 Å². The summed E-state index contributed by atoms with van der Waals surface area (Å²) >= 11 is 0. The summed E-state index contributed by atoms with van der Waals surface area (Å²) in [5, 5.41) is 31.0. The number of anilines is 1. The van der Waals surface area contributed by atoms with Crippen LogP contribution in [0.2, 0.25) is 0 Å². The van der Waals surface area contributed by atoms with E-state index in [1.54, 1.807) is 0 Å². The van der Waals surface area contributed by atoms with Gasteiger partial charge in [0.05, 0.1) is 0 Å². The molecule has 0 radical (unpaired) electrons. The molecule has 0 heterocycles. The van der Waals surface area contributed by atoms with E-state index in [2.05, 4.69) is 5.32 Å². The standard InChI is InChI=1S/C15H14F3NO3/c16-15(17,18)14(22)9-1-3-11(4-2-9)19-8-10-7-12(20)5-6-13(10)21/h1-7,14,19-22H,8H2/t14-/m0/s1. The lowest BCUT2D eigenvalue weighted by molar-refractivity contribution is -0.206. The van der Waals surface area contributed by atoms with Crippen LogP contribution < -0.4 is 5.32 Å². The van der Waals surface area contributed by atoms with E-state index in [0.717, 1.165) is 0 Å². The van der Waals surface area contributed by atoms with Gasteiger partial charge in [0.1, 0.15) is 11.5 Å². The number of aliphatic hydroxyl groups is 1. The molecule has 0 bridgehead atoms. The van der Waals surface area contributed by atoms with Crippen LogP contribution in [0.25, 0.3) is 0 Å². The molecule has 0 amide bonds. The minimum atomic E-state index is -4.71. The Morgan fingerprint density at radius 1 is 1.00 bits per heavy atom. The van der Waals surface area contributed by atoms with Crippen molar-refractivity contribution in [3.63, 3.8) is 0 Å². The molecule has 7 heteroatoms. The molecular formula is C15H14F3NO3. The Labute approximate surface area is 124 Å². The molecule has 22 heavy (non-hydrogen) atoms. The molecular weight excluding hydrogens is 299 g/mol. The van der Waals surface area contributed by atoms with E-state index in [1.807, 2.05) is 0 Å². The predicted octanol–water partition coefficient (Wildman–Crippen LogP) is 3.31. The van der Waals surface area contributed by atoms with Crippen LogP contribution >= 0.6 is 0 Å². The van der Waals surface area contributed by atoms with Crippen molar-refractivity contribution in [3.8, 4) is 11.5 Å². The zero-order valence-electron chi connectivity index (χ0n) is 11.3. The van der Waals surface area contributed by atoms with Crippen molar-refractivity contribution in [2.24, 2.45) is 0 Å². The summed E-state index contributed by atoms with van der Waals surface area (Å²) in [7, 11) is 0. The highest BCUT2D eigenvalue weighted by Gasteiger charge is 2.39. The van der Waals surface area contributed by atoms with Gasteiger partial charge in [0.2, 0.25) is 0 Å². The van der Waals surface area contributed by atoms with E-state index in [9.17, 15) is 23.4 Å². The number of phenols is 2. The number of phenolic OH excluding ortho intramolecular Hbond substituents is 2. The highest BCUT2D eigenvalue weighted by Crippen LogP contribution is 2.32. The van der Waals surface area contributed by atoms with E-state index in [-0.39, 0.29) is 23.6 Å². The van der Waals surface area contributed by atoms with Crippen LogP contribution in [0.15, 0.2) is 42.5 Å². The molecule has 1 atom stereocenters. The number of hydrogen-bond acceptors (Lipinski definition) is 4. The van der Waals surface area contributed by atoms with E-state index < -0.39 is 12.3 Å². The quantitative estimate of drug-likeness (QED) is 0.654. The summed E-state index contributed by atoms with van der Waals surface area (Å²) in [6.07, 6.45) is -7.22. The topological polar surface area (TPSA) is 72.7 Å². The number of hydrogen-bond donors (Lipinski definition) is 4. The van der Waals surface area contributed by atoms with E-state index >= 15 is 0 Å². The third-order valence-corrected chi connectivity index (χ3v) is 3.08. The predicted molar refractivity (Wildman–Crippen MR) is 74.6 cm³/mol. The molecule has 0 fully saturated rings. The lowest BCUT2D eigenvalue weighted by atomic mass is 10.1. The fourth-order valence-electron chi connectivity index (χ4n) is 1.88. The van der Waals surface area contributed by atoms with E-state index in [0.29, 0.717) is 11.3 Å². The number of benzene rings is 2. The number of halogens is 3. The number of aliphatic hydroxyl groups excluding tert-OH is 1. The first kappa shape index (κ1) is 16.0. The molecule has 4 N–H and O–H groups in total. The molecule has 0 saturated heterocycles. The normalized spacial score (nSPS) is 12.9. The van der Waals surface area contributed by atoms with Crippen molar-refractivity contribution >= 4 is 5.69 Å². The molecule has 0 unspecified atom stereocenters. The van der Waals surface area contributed by atoms with Crippen molar-refractivity contribution < 1.29 is 28.5 Å². The second-order valence-electron chi connectivity index (χ2n) is 4.73. The van der Waals surface area contributed by atoms with Crippen LogP contribution in [-0.4, -0.2) is 21.5 Å². The maximum atomic E-state index is 12.4. The van der Waals surface area contributed by atoms with Crippen LogP contribution in [0, 0.1) is 0 Å². The molecule has 0 aliphatic carbocycles. The molecule has 0 aliphatic rings. The second kappa shape index (κ2) is 6.15. The van der Waals surface area contributed by atoms with Gasteiger partial charge in [-0.2, -0.15) is 13.2 Å². The summed E-state index contributed by atoms with van der Waals surface area (Å²) in [5.41, 5.74) is 0.707. The lowest BCUT2D eigenvalue weighted by Gasteiger charge is -2.15. The van der Waals surface area contributed by atoms with Crippen LogP contribution in [0.4, 0.5) is 18.9 Å². The Morgan fingerprint density at radius 2 is 1.64 bits per heavy atom. The third-order valence-electron chi connectivity index (χ3n) is 3.08. The smallest absolute Gasteiger partial charge is 0.418 e. The van der Waals surface area contributed by atoms with Gasteiger partial charge in [-0.15, -0.1) is 0 Å². The molecule has 0 aromatic heterocycles. The van der Waals surface area contributed by atoms with Crippen molar-refractivity contribution in [1.29, 1.82) is 0 Å². The van der Waals surface area contributed by atoms with Gasteiger partial charge in [-0.3, -0.25) is 0 Å². The highest BCUT2D eigenvalue weighted by atomic mass is 19.4. The first-order valence-corrected chi connectivity index (χ1v) is 6.37. The largest absolute Gasteiger partial charge is 0.508 e. The number of nitrogens with one attached hydrogen (secondary N) is 1. The Bertz CT molecular complexity index is 641. The summed E-state index contributed by atoms with van der Waals surface area (Å²) in [6, 6.07) is 9.19. The maximum Gasteiger partial charge on any atom is 0.418 e. The Hall–Kier alpha value is -2.41. The highest BCUT2D eigenvalue weighted by molar-refractivity contribution is 5.47. The number of aromatic hydroxyl groups is 2. The van der Waals surface area contributed by atoms with Crippen LogP contribution in [0.3, 0.4) is 0 Å². The number of alkyl halides is 3. The van der Waals surface area contributed by atoms with Crippen molar-refractivity contribution in [2.75, 3.05) is 5.32 Å². The zero-order valence-corrected chi connectivity index (χ0v) is 11.3. The average molecular weight is 313 g/mol. The second-order valence-corrected chi connectivity index (χ2v) is 4.73. The maximum absolute atomic E-state index is 12.4. The fourth-order valence-corrected chi connectivity index (χ4v) is 1.88. The van der Waals surface area contributed by atoms with Crippen molar-refractivity contribution in [1.82, 2.24) is 0 Å². The van der Waals surface area contributed by atoms with Gasteiger partial charge >= 0.3 is 6.18 Å². The lowest BCUT2D eigenvalue weighted by Crippen LogP contribution is -2.20. The molecule has 118 valence electrons. The molecule has 0 aliphatic heterocycles. The van der Waals surface area contributed by atoms with E-state index in [1.165, 1.54) is 42.5 Å². The Balaban J connectivity index is 2.04. The van der Waals surface area contributed by atoms with Crippen molar-refractivity contribution in [2.45, 2.75) is 18.8 Å². The average Bonchev–Trinajstić information content (AvgIpc) is 2.47. The fraction of sp³-hybridized carbons (Fsp3) is 0.200. The minimum absolute atomic E-state index is 0.00162. The SMILES string of the molecule is Oc1ccc(O)c(CNc2ccc([C@H](O)C(F)(F)F)cc2)c1. The molecule has 0 spiro atoms. The van der Waals surface area contributed by atoms with Gasteiger partial charge in [-0.25, -0.2) is 0 Å². The number of rotatable bonds is 4. The Kier molecular flexibility index (Phi) is 4.46. The van der Waals surface area contributed by atoms with Gasteiger partial charge < -0.3 is 20.6 Å². The Morgan fingerprint density at radius 3 is 2.23 bits per heavy atom. The molecule has 2 aromatic carbocycles. The summed E-state index contributed by atoms with van der Waals surface area (Å²) in [4.78, 5) is 0. The summed E-state index contributed by atoms with van der Waals surface area (Å²) < 4.78 is 37.1. The van der Waals surface area contributed by atoms with Gasteiger partial charge in [-0.1, -0.05) is 12.1 Å². The first-order valence-electron chi connectivity index (χ1n) is 6.37. The zero-order chi connectivity index (χ0) is 16.3. The summed E-state index contributed by atoms with van der Waals surface area (Å²) in [5.74, 6) is -0.00680. The van der Waals surface area contributed by atoms with Gasteiger partial charge in [-0.05, 0) is 35.9 Å². The third kappa shape index (κ3) is 3.82. The first-order chi connectivity index (χ1) is 10.3. The minimum Gasteiger partial charge on any atom is -0.508 e. The van der Waals surface area contributed by atoms with Crippen LogP contribution in [-0.2, 0) is 6.54 Å². The molecule has 0 saturated carbocycles. The van der Waals surface area contributed by atoms with Gasteiger partial charge in [0, 0.05) is 17.8 Å². The van der Waals surface area contributed by atoms with E-state index in [4.69, 9.17) is 5.11 Å². The monoisotopic (exact) mass is 313 g/mol. The molecule has 4 nitrogen and oxygen atoms in total. The van der Waals surface area contributed by atoms with Gasteiger partial charge in [0.15, 0.2) is 6.10 Å². The van der Waals surface area contributed by atoms with Crippen molar-refractivity contribution in [3.05, 3.63) is 53.6 Å². The molecule has 2 rings (SSSR count). The molecule has 2 aromatic rings. The van der Waals surface area contributed by atoms with Gasteiger partial charge in [0.25, 0.3) is 0 Å².